The van der Waals surface area contributed by atoms with Gasteiger partial charge in [0.2, 0.25) is 0 Å². The molecule has 4 aromatic rings. The minimum Gasteiger partial charge on any atom is -0.338 e. The van der Waals surface area contributed by atoms with Crippen LogP contribution in [0.25, 0.3) is 22.0 Å². The smallest absolute Gasteiger partial charge is 0.320 e. The number of benzene rings is 2. The fourth-order valence-electron chi connectivity index (χ4n) is 4.00. The van der Waals surface area contributed by atoms with Crippen LogP contribution in [0.5, 0.6) is 0 Å². The van der Waals surface area contributed by atoms with Gasteiger partial charge in [-0.05, 0) is 36.8 Å². The van der Waals surface area contributed by atoms with Gasteiger partial charge in [-0.3, -0.25) is 10.1 Å². The first kappa shape index (κ1) is 21.4. The van der Waals surface area contributed by atoms with Crippen LogP contribution in [0.3, 0.4) is 0 Å². The van der Waals surface area contributed by atoms with Crippen LogP contribution in [-0.4, -0.2) is 33.6 Å². The average Bonchev–Trinajstić information content (AvgIpc) is 3.23. The number of amides is 2. The molecule has 1 aliphatic heterocycles. The number of hydrogen-bond acceptors (Lipinski definition) is 5. The number of amidine groups is 1. The van der Waals surface area contributed by atoms with Crippen molar-refractivity contribution in [1.29, 1.82) is 0 Å². The number of aromatic nitrogens is 3. The molecular formula is C25H21FN6O2. The van der Waals surface area contributed by atoms with Crippen LogP contribution in [0, 0.1) is 5.82 Å². The molecule has 8 nitrogen and oxygen atoms in total. The number of carbonyl (C=O) groups is 1. The zero-order valence-corrected chi connectivity index (χ0v) is 18.4. The van der Waals surface area contributed by atoms with Crippen LogP contribution < -0.4 is 16.2 Å². The van der Waals surface area contributed by atoms with E-state index in [2.05, 4.69) is 30.8 Å². The Kier molecular flexibility index (Phi) is 5.59. The van der Waals surface area contributed by atoms with E-state index in [0.29, 0.717) is 53.4 Å². The lowest BCUT2D eigenvalue weighted by Gasteiger charge is -2.09. The minimum atomic E-state index is -0.405. The topological polar surface area (TPSA) is 112 Å². The van der Waals surface area contributed by atoms with E-state index in [1.807, 2.05) is 25.1 Å². The maximum Gasteiger partial charge on any atom is 0.320 e. The van der Waals surface area contributed by atoms with Gasteiger partial charge in [0.15, 0.2) is 5.82 Å². The standard InChI is InChI=1S/C25H21FN6O2/c1-2-27-25(34)30-22-13-15-8-10-20(28-23(15)29-22)18-11-14(7-9-19(18)26)12-21-16-5-3-4-6-17(16)24(33)32-31-21/h3-11H,2,12-13H2,1H3,(H,32,33)(H2,27,28,29,30,34). The van der Waals surface area contributed by atoms with Crippen LogP contribution in [0.1, 0.15) is 23.7 Å². The van der Waals surface area contributed by atoms with Gasteiger partial charge in [0.25, 0.3) is 5.56 Å². The van der Waals surface area contributed by atoms with Gasteiger partial charge < -0.3 is 5.32 Å². The van der Waals surface area contributed by atoms with Gasteiger partial charge in [0, 0.05) is 35.9 Å². The highest BCUT2D eigenvalue weighted by molar-refractivity contribution is 6.02. The first-order chi connectivity index (χ1) is 16.5. The zero-order chi connectivity index (χ0) is 23.7. The highest BCUT2D eigenvalue weighted by Gasteiger charge is 2.19. The summed E-state index contributed by atoms with van der Waals surface area (Å²) in [5.41, 5.74) is 2.92. The second-order valence-corrected chi connectivity index (χ2v) is 7.93. The number of aromatic amines is 1. The Morgan fingerprint density at radius 1 is 1.12 bits per heavy atom. The second kappa shape index (κ2) is 8.86. The summed E-state index contributed by atoms with van der Waals surface area (Å²) in [5, 5.41) is 13.4. The normalized spacial score (nSPS) is 12.4. The highest BCUT2D eigenvalue weighted by atomic mass is 19.1. The molecule has 9 heteroatoms. The van der Waals surface area contributed by atoms with E-state index in [-0.39, 0.29) is 11.6 Å². The van der Waals surface area contributed by atoms with E-state index >= 15 is 0 Å². The lowest BCUT2D eigenvalue weighted by Crippen LogP contribution is -2.39. The number of nitrogens with zero attached hydrogens (tertiary/aromatic N) is 3. The van der Waals surface area contributed by atoms with E-state index in [0.717, 1.165) is 16.5 Å². The number of pyridine rings is 1. The summed E-state index contributed by atoms with van der Waals surface area (Å²) in [6.07, 6.45) is 0.863. The van der Waals surface area contributed by atoms with Crippen LogP contribution in [0.15, 0.2) is 64.4 Å². The van der Waals surface area contributed by atoms with E-state index in [4.69, 9.17) is 0 Å². The fraction of sp³-hybridized carbons (Fsp3) is 0.160. The van der Waals surface area contributed by atoms with Crippen LogP contribution in [0.2, 0.25) is 0 Å². The van der Waals surface area contributed by atoms with Gasteiger partial charge in [-0.15, -0.1) is 0 Å². The predicted molar refractivity (Wildman–Crippen MR) is 128 cm³/mol. The van der Waals surface area contributed by atoms with Crippen molar-refractivity contribution in [1.82, 2.24) is 25.8 Å². The van der Waals surface area contributed by atoms with Crippen LogP contribution >= 0.6 is 0 Å². The molecule has 2 aromatic heterocycles. The highest BCUT2D eigenvalue weighted by Crippen LogP contribution is 2.30. The molecule has 0 spiro atoms. The molecule has 170 valence electrons. The van der Waals surface area contributed by atoms with Gasteiger partial charge in [-0.2, -0.15) is 5.10 Å². The number of carbonyl (C=O) groups excluding carboxylic acids is 1. The molecule has 0 radical (unpaired) electrons. The summed E-state index contributed by atoms with van der Waals surface area (Å²) in [4.78, 5) is 32.8. The molecule has 34 heavy (non-hydrogen) atoms. The summed E-state index contributed by atoms with van der Waals surface area (Å²) < 4.78 is 14.8. The van der Waals surface area contributed by atoms with Crippen molar-refractivity contribution in [2.24, 2.45) is 4.99 Å². The zero-order valence-electron chi connectivity index (χ0n) is 18.4. The molecule has 3 N–H and O–H groups in total. The molecule has 0 aliphatic carbocycles. The summed E-state index contributed by atoms with van der Waals surface area (Å²) in [6, 6.07) is 15.4. The maximum absolute atomic E-state index is 14.8. The Hall–Kier alpha value is -4.40. The lowest BCUT2D eigenvalue weighted by atomic mass is 10.0. The Morgan fingerprint density at radius 3 is 2.76 bits per heavy atom. The summed E-state index contributed by atoms with van der Waals surface area (Å²) in [6.45, 7) is 2.34. The minimum absolute atomic E-state index is 0.247. The van der Waals surface area contributed by atoms with Gasteiger partial charge >= 0.3 is 6.03 Å². The summed E-state index contributed by atoms with van der Waals surface area (Å²) >= 11 is 0. The third-order valence-electron chi connectivity index (χ3n) is 5.60. The second-order valence-electron chi connectivity index (χ2n) is 7.93. The van der Waals surface area contributed by atoms with Crippen molar-refractivity contribution in [3.63, 3.8) is 0 Å². The summed E-state index contributed by atoms with van der Waals surface area (Å²) in [7, 11) is 0. The SMILES string of the molecule is CCNC(=O)NC1=Nc2nc(-c3cc(Cc4n[nH]c(=O)c5ccccc45)ccc3F)ccc2C1. The monoisotopic (exact) mass is 456 g/mol. The summed E-state index contributed by atoms with van der Waals surface area (Å²) in [5.74, 6) is 0.552. The Bertz CT molecular complexity index is 1510. The van der Waals surface area contributed by atoms with Gasteiger partial charge in [0.05, 0.1) is 16.8 Å². The Labute approximate surface area is 194 Å². The van der Waals surface area contributed by atoms with Gasteiger partial charge in [-0.25, -0.2) is 24.3 Å². The van der Waals surface area contributed by atoms with Crippen LogP contribution in [0.4, 0.5) is 15.0 Å². The van der Waals surface area contributed by atoms with E-state index in [1.54, 1.807) is 30.3 Å². The average molecular weight is 456 g/mol. The van der Waals surface area contributed by atoms with Gasteiger partial charge in [-0.1, -0.05) is 30.3 Å². The van der Waals surface area contributed by atoms with Crippen molar-refractivity contribution in [3.05, 3.63) is 87.6 Å². The molecule has 0 atom stereocenters. The quantitative estimate of drug-likeness (QED) is 0.435. The number of urea groups is 1. The first-order valence-electron chi connectivity index (χ1n) is 10.9. The largest absolute Gasteiger partial charge is 0.338 e. The lowest BCUT2D eigenvalue weighted by molar-refractivity contribution is 0.245. The molecule has 1 aliphatic rings. The molecule has 3 heterocycles. The fourth-order valence-corrected chi connectivity index (χ4v) is 4.00. The molecule has 0 fully saturated rings. The number of rotatable bonds is 4. The third-order valence-corrected chi connectivity index (χ3v) is 5.60. The number of halogens is 1. The van der Waals surface area contributed by atoms with Crippen LogP contribution in [-0.2, 0) is 12.8 Å². The van der Waals surface area contributed by atoms with Gasteiger partial charge in [0.1, 0.15) is 11.7 Å². The van der Waals surface area contributed by atoms with Crippen molar-refractivity contribution < 1.29 is 9.18 Å². The van der Waals surface area contributed by atoms with Crippen molar-refractivity contribution in [2.75, 3.05) is 6.54 Å². The molecule has 0 unspecified atom stereocenters. The Balaban J connectivity index is 1.45. The number of H-pyrrole nitrogens is 1. The molecule has 5 rings (SSSR count). The molecule has 2 aromatic carbocycles. The Morgan fingerprint density at radius 2 is 1.94 bits per heavy atom. The van der Waals surface area contributed by atoms with Crippen molar-refractivity contribution in [2.45, 2.75) is 19.8 Å². The number of fused-ring (bicyclic) bond motifs is 2. The molecule has 0 saturated heterocycles. The predicted octanol–water partition coefficient (Wildman–Crippen LogP) is 3.62. The molecular weight excluding hydrogens is 435 g/mol. The third kappa shape index (κ3) is 4.15. The number of hydrogen-bond donors (Lipinski definition) is 3. The molecule has 0 saturated carbocycles. The van der Waals surface area contributed by atoms with E-state index in [9.17, 15) is 14.0 Å². The molecule has 0 bridgehead atoms. The number of aliphatic imine (C=N–C) groups is 1. The van der Waals surface area contributed by atoms with Crippen molar-refractivity contribution in [3.8, 4) is 11.3 Å². The van der Waals surface area contributed by atoms with E-state index in [1.165, 1.54) is 6.07 Å². The first-order valence-corrected chi connectivity index (χ1v) is 10.9. The van der Waals surface area contributed by atoms with E-state index < -0.39 is 5.82 Å². The number of nitrogens with one attached hydrogen (secondary N) is 3. The maximum atomic E-state index is 14.8. The van der Waals surface area contributed by atoms with Crippen molar-refractivity contribution >= 4 is 28.5 Å². The molecule has 2 amide bonds.